The smallest absolute Gasteiger partial charge is 0.416 e. The molecule has 0 heterocycles. The van der Waals surface area contributed by atoms with Gasteiger partial charge in [0.05, 0.1) is 22.5 Å². The Morgan fingerprint density at radius 3 is 2.32 bits per heavy atom. The summed E-state index contributed by atoms with van der Waals surface area (Å²) in [7, 11) is -3.38. The first-order valence-corrected chi connectivity index (χ1v) is 11.3. The van der Waals surface area contributed by atoms with Gasteiger partial charge in [0.15, 0.2) is 5.75 Å². The van der Waals surface area contributed by atoms with Gasteiger partial charge >= 0.3 is 17.8 Å². The van der Waals surface area contributed by atoms with Gasteiger partial charge in [-0.3, -0.25) is 14.9 Å². The lowest BCUT2D eigenvalue weighted by molar-refractivity contribution is -0.385. The van der Waals surface area contributed by atoms with Crippen LogP contribution in [0.2, 0.25) is 0 Å². The second-order valence-corrected chi connectivity index (χ2v) is 9.91. The third-order valence-electron chi connectivity index (χ3n) is 4.34. The molecule has 0 saturated carbocycles. The fourth-order valence-corrected chi connectivity index (χ4v) is 4.11. The van der Waals surface area contributed by atoms with Crippen molar-refractivity contribution in [3.63, 3.8) is 0 Å². The normalized spacial score (nSPS) is 13.3. The Labute approximate surface area is 194 Å². The zero-order valence-electron chi connectivity index (χ0n) is 18.7. The van der Waals surface area contributed by atoms with E-state index in [9.17, 15) is 36.5 Å². The van der Waals surface area contributed by atoms with Gasteiger partial charge in [0.1, 0.15) is 11.6 Å². The van der Waals surface area contributed by atoms with E-state index in [1.165, 1.54) is 19.2 Å². The molecule has 0 bridgehead atoms. The maximum absolute atomic E-state index is 13.0. The fraction of sp³-hybridized carbons (Fsp3) is 0.381. The minimum Gasteiger partial charge on any atom is -0.490 e. The number of rotatable bonds is 8. The molecule has 0 spiro atoms. The largest absolute Gasteiger partial charge is 0.490 e. The van der Waals surface area contributed by atoms with Gasteiger partial charge in [-0.05, 0) is 57.0 Å². The summed E-state index contributed by atoms with van der Waals surface area (Å²) in [6, 6.07) is 5.20. The maximum Gasteiger partial charge on any atom is 0.416 e. The highest BCUT2D eigenvalue weighted by Gasteiger charge is 2.34. The summed E-state index contributed by atoms with van der Waals surface area (Å²) in [5.74, 6) is -1.06. The van der Waals surface area contributed by atoms with Crippen LogP contribution in [0.4, 0.5) is 18.9 Å². The number of carbonyl (C=O) groups excluding carboxylic acids is 1. The average molecular weight is 504 g/mol. The number of nitrogens with zero attached hydrogens (tertiary/aromatic N) is 1. The number of nitrogens with one attached hydrogen (secondary N) is 1. The van der Waals surface area contributed by atoms with E-state index in [4.69, 9.17) is 9.47 Å². The van der Waals surface area contributed by atoms with E-state index >= 15 is 0 Å². The van der Waals surface area contributed by atoms with Gasteiger partial charge in [0.25, 0.3) is 0 Å². The second kappa shape index (κ2) is 9.97. The molecule has 0 aliphatic carbocycles. The molecule has 0 aliphatic rings. The summed E-state index contributed by atoms with van der Waals surface area (Å²) >= 11 is 0. The van der Waals surface area contributed by atoms with Crippen LogP contribution in [0.1, 0.15) is 31.9 Å². The highest BCUT2D eigenvalue weighted by molar-refractivity contribution is 7.89. The Morgan fingerprint density at radius 2 is 1.79 bits per heavy atom. The minimum atomic E-state index is -4.78. The van der Waals surface area contributed by atoms with E-state index in [1.54, 1.807) is 20.8 Å². The minimum absolute atomic E-state index is 0.0490. The number of carbonyl (C=O) groups is 1. The Hall–Kier alpha value is -3.19. The molecule has 2 aromatic rings. The van der Waals surface area contributed by atoms with Crippen LogP contribution in [0.3, 0.4) is 0 Å². The number of methoxy groups -OCH3 is 1. The summed E-state index contributed by atoms with van der Waals surface area (Å²) < 4.78 is 77.0. The van der Waals surface area contributed by atoms with Crippen molar-refractivity contribution in [3.05, 3.63) is 63.7 Å². The molecule has 2 rings (SSSR count). The summed E-state index contributed by atoms with van der Waals surface area (Å²) in [5, 5.41) is 11.3. The molecule has 0 saturated heterocycles. The lowest BCUT2D eigenvalue weighted by Gasteiger charge is -2.24. The fourth-order valence-electron chi connectivity index (χ4n) is 2.88. The van der Waals surface area contributed by atoms with Crippen molar-refractivity contribution in [2.24, 2.45) is 0 Å². The van der Waals surface area contributed by atoms with Crippen molar-refractivity contribution in [2.75, 3.05) is 7.11 Å². The van der Waals surface area contributed by atoms with Gasteiger partial charge in [0.2, 0.25) is 10.0 Å². The highest BCUT2D eigenvalue weighted by Crippen LogP contribution is 2.31. The van der Waals surface area contributed by atoms with Crippen LogP contribution < -0.4 is 9.46 Å². The van der Waals surface area contributed by atoms with Gasteiger partial charge in [-0.25, -0.2) is 8.42 Å². The first-order chi connectivity index (χ1) is 15.5. The molecule has 0 fully saturated rings. The Balaban J connectivity index is 2.45. The molecular formula is C21H23F3N2O7S. The summed E-state index contributed by atoms with van der Waals surface area (Å²) in [6.07, 6.45) is -5.16. The second-order valence-electron chi connectivity index (χ2n) is 8.20. The van der Waals surface area contributed by atoms with E-state index in [0.717, 1.165) is 18.2 Å². The van der Waals surface area contributed by atoms with Crippen molar-refractivity contribution in [2.45, 2.75) is 49.9 Å². The van der Waals surface area contributed by atoms with E-state index in [0.29, 0.717) is 12.1 Å². The van der Waals surface area contributed by atoms with Crippen molar-refractivity contribution >= 4 is 21.7 Å². The summed E-state index contributed by atoms with van der Waals surface area (Å²) in [5.41, 5.74) is -2.42. The van der Waals surface area contributed by atoms with Crippen molar-refractivity contribution in [1.29, 1.82) is 0 Å². The molecule has 34 heavy (non-hydrogen) atoms. The number of ether oxygens (including phenoxy) is 2. The SMILES string of the molecule is COc1ccc(C[C@H](NS(=O)(=O)c2cccc(C(F)(F)F)c2)C(=O)OC(C)(C)C)cc1[N+](=O)[O-]. The highest BCUT2D eigenvalue weighted by atomic mass is 32.2. The summed E-state index contributed by atoms with van der Waals surface area (Å²) in [4.78, 5) is 22.6. The zero-order valence-corrected chi connectivity index (χ0v) is 19.5. The van der Waals surface area contributed by atoms with Crippen LogP contribution in [0.15, 0.2) is 47.4 Å². The first kappa shape index (κ1) is 27.1. The third-order valence-corrected chi connectivity index (χ3v) is 5.81. The van der Waals surface area contributed by atoms with E-state index < -0.39 is 54.9 Å². The van der Waals surface area contributed by atoms with Crippen LogP contribution in [0, 0.1) is 10.1 Å². The number of sulfonamides is 1. The van der Waals surface area contributed by atoms with Crippen molar-refractivity contribution in [3.8, 4) is 5.75 Å². The van der Waals surface area contributed by atoms with Gasteiger partial charge in [0, 0.05) is 6.07 Å². The number of nitro groups is 1. The molecule has 1 atom stereocenters. The van der Waals surface area contributed by atoms with E-state index in [2.05, 4.69) is 4.72 Å². The number of halogens is 3. The van der Waals surface area contributed by atoms with Gasteiger partial charge in [-0.1, -0.05) is 12.1 Å². The number of alkyl halides is 3. The molecular weight excluding hydrogens is 481 g/mol. The Morgan fingerprint density at radius 1 is 1.15 bits per heavy atom. The van der Waals surface area contributed by atoms with Crippen LogP contribution in [-0.2, 0) is 32.2 Å². The van der Waals surface area contributed by atoms with Crippen LogP contribution in [0.5, 0.6) is 5.75 Å². The molecule has 186 valence electrons. The molecule has 2 aromatic carbocycles. The van der Waals surface area contributed by atoms with Crippen LogP contribution >= 0.6 is 0 Å². The monoisotopic (exact) mass is 504 g/mol. The summed E-state index contributed by atoms with van der Waals surface area (Å²) in [6.45, 7) is 4.63. The zero-order chi connectivity index (χ0) is 25.9. The Kier molecular flexibility index (Phi) is 7.94. The number of benzene rings is 2. The standard InChI is InChI=1S/C21H23F3N2O7S/c1-20(2,3)33-19(27)16(10-13-8-9-18(32-4)17(11-13)26(28)29)25-34(30,31)15-7-5-6-14(12-15)21(22,23)24/h5-9,11-12,16,25H,10H2,1-4H3/t16-/m0/s1. The molecule has 1 N–H and O–H groups in total. The van der Waals surface area contributed by atoms with Crippen LogP contribution in [0.25, 0.3) is 0 Å². The topological polar surface area (TPSA) is 125 Å². The molecule has 0 amide bonds. The molecule has 0 aromatic heterocycles. The van der Waals surface area contributed by atoms with Gasteiger partial charge < -0.3 is 9.47 Å². The number of hydrogen-bond donors (Lipinski definition) is 1. The molecule has 9 nitrogen and oxygen atoms in total. The lowest BCUT2D eigenvalue weighted by Crippen LogP contribution is -2.45. The maximum atomic E-state index is 13.0. The van der Waals surface area contributed by atoms with Crippen LogP contribution in [-0.4, -0.2) is 38.1 Å². The molecule has 0 radical (unpaired) electrons. The van der Waals surface area contributed by atoms with Gasteiger partial charge in [-0.2, -0.15) is 17.9 Å². The van der Waals surface area contributed by atoms with Crippen molar-refractivity contribution in [1.82, 2.24) is 4.72 Å². The van der Waals surface area contributed by atoms with E-state index in [-0.39, 0.29) is 17.7 Å². The third kappa shape index (κ3) is 7.15. The predicted molar refractivity (Wildman–Crippen MR) is 115 cm³/mol. The predicted octanol–water partition coefficient (Wildman–Crippen LogP) is 3.85. The number of esters is 1. The molecule has 0 unspecified atom stereocenters. The molecule has 0 aliphatic heterocycles. The lowest BCUT2D eigenvalue weighted by atomic mass is 10.1. The average Bonchev–Trinajstić information content (AvgIpc) is 2.71. The van der Waals surface area contributed by atoms with E-state index in [1.807, 2.05) is 0 Å². The van der Waals surface area contributed by atoms with Gasteiger partial charge in [-0.15, -0.1) is 0 Å². The number of nitro benzene ring substituents is 1. The quantitative estimate of drug-likeness (QED) is 0.329. The number of hydrogen-bond acceptors (Lipinski definition) is 7. The first-order valence-electron chi connectivity index (χ1n) is 9.77. The molecule has 13 heteroatoms. The van der Waals surface area contributed by atoms with Crippen molar-refractivity contribution < 1.29 is 40.8 Å². The Bertz CT molecular complexity index is 1180.